The lowest BCUT2D eigenvalue weighted by atomic mass is 10.1. The highest BCUT2D eigenvalue weighted by molar-refractivity contribution is 7.46. The molecular formula is C9H11O4P. The van der Waals surface area contributed by atoms with Crippen LogP contribution in [0.2, 0.25) is 0 Å². The first-order valence-electron chi connectivity index (χ1n) is 4.16. The molecule has 2 atom stereocenters. The van der Waals surface area contributed by atoms with Crippen LogP contribution in [0.3, 0.4) is 0 Å². The van der Waals surface area contributed by atoms with Gasteiger partial charge >= 0.3 is 8.03 Å². The van der Waals surface area contributed by atoms with E-state index in [0.29, 0.717) is 5.56 Å². The molecule has 0 aliphatic carbocycles. The first-order valence-corrected chi connectivity index (χ1v) is 5.34. The fourth-order valence-electron chi connectivity index (χ4n) is 1.18. The molecule has 0 amide bonds. The third-order valence-corrected chi connectivity index (χ3v) is 2.68. The van der Waals surface area contributed by atoms with Crippen molar-refractivity contribution in [3.63, 3.8) is 0 Å². The third kappa shape index (κ3) is 2.86. The molecule has 5 heteroatoms. The van der Waals surface area contributed by atoms with Crippen LogP contribution in [0.15, 0.2) is 24.3 Å². The molecule has 1 aromatic rings. The van der Waals surface area contributed by atoms with E-state index in [9.17, 15) is 14.6 Å². The van der Waals surface area contributed by atoms with Gasteiger partial charge in [0, 0.05) is 12.0 Å². The van der Waals surface area contributed by atoms with Crippen LogP contribution >= 0.6 is 8.03 Å². The molecule has 76 valence electrons. The zero-order valence-electron chi connectivity index (χ0n) is 7.46. The van der Waals surface area contributed by atoms with Crippen LogP contribution in [0, 0.1) is 0 Å². The van der Waals surface area contributed by atoms with E-state index in [1.54, 1.807) is 18.2 Å². The van der Waals surface area contributed by atoms with E-state index >= 15 is 0 Å². The minimum absolute atomic E-state index is 0.149. The van der Waals surface area contributed by atoms with Gasteiger partial charge in [0.2, 0.25) is 0 Å². The fourth-order valence-corrected chi connectivity index (χ4v) is 1.79. The van der Waals surface area contributed by atoms with E-state index in [1.165, 1.54) is 6.07 Å². The van der Waals surface area contributed by atoms with Gasteiger partial charge in [-0.25, -0.2) is 0 Å². The van der Waals surface area contributed by atoms with Crippen molar-refractivity contribution in [2.24, 2.45) is 0 Å². The van der Waals surface area contributed by atoms with Gasteiger partial charge in [0.25, 0.3) is 0 Å². The van der Waals surface area contributed by atoms with Gasteiger partial charge in [0.05, 0.1) is 12.7 Å². The van der Waals surface area contributed by atoms with Crippen LogP contribution in [0.4, 0.5) is 0 Å². The summed E-state index contributed by atoms with van der Waals surface area (Å²) in [4.78, 5) is 10.8. The predicted molar refractivity (Wildman–Crippen MR) is 50.5 cm³/mol. The summed E-state index contributed by atoms with van der Waals surface area (Å²) in [5.74, 6) is 0. The number of benzene rings is 1. The van der Waals surface area contributed by atoms with Crippen molar-refractivity contribution in [1.82, 2.24) is 0 Å². The molecule has 0 aliphatic heterocycles. The Balaban J connectivity index is 2.90. The summed E-state index contributed by atoms with van der Waals surface area (Å²) in [6, 6.07) is 6.42. The molecule has 0 spiro atoms. The lowest BCUT2D eigenvalue weighted by molar-refractivity contribution is -0.160. The lowest BCUT2D eigenvalue weighted by Crippen LogP contribution is -2.20. The Morgan fingerprint density at radius 1 is 1.43 bits per heavy atom. The van der Waals surface area contributed by atoms with Crippen molar-refractivity contribution in [3.05, 3.63) is 29.8 Å². The summed E-state index contributed by atoms with van der Waals surface area (Å²) in [5.41, 5.74) is 0.533. The number of hydrogen-bond acceptors (Lipinski definition) is 4. The van der Waals surface area contributed by atoms with Crippen LogP contribution in [-0.2, 0) is 11.0 Å². The first-order chi connectivity index (χ1) is 6.65. The molecule has 0 saturated carbocycles. The Hall–Kier alpha value is -0.800. The maximum absolute atomic E-state index is 10.8. The van der Waals surface area contributed by atoms with Gasteiger partial charge in [-0.3, -0.25) is 0 Å². The zero-order chi connectivity index (χ0) is 10.6. The SMILES string of the molecule is O=[P+]([O-])c1ccccc1CC(O)CO. The Labute approximate surface area is 82.7 Å². The second kappa shape index (κ2) is 5.17. The topological polar surface area (TPSA) is 80.6 Å². The Morgan fingerprint density at radius 3 is 2.64 bits per heavy atom. The predicted octanol–water partition coefficient (Wildman–Crippen LogP) is -0.690. The Morgan fingerprint density at radius 2 is 2.07 bits per heavy atom. The summed E-state index contributed by atoms with van der Waals surface area (Å²) in [7, 11) is -2.64. The number of rotatable bonds is 4. The number of aliphatic hydroxyl groups excluding tert-OH is 2. The van der Waals surface area contributed by atoms with Crippen LogP contribution in [0.25, 0.3) is 0 Å². The molecule has 0 saturated heterocycles. The van der Waals surface area contributed by atoms with E-state index < -0.39 is 14.1 Å². The number of aliphatic hydroxyl groups is 2. The summed E-state index contributed by atoms with van der Waals surface area (Å²) in [6.07, 6.45) is -0.762. The van der Waals surface area contributed by atoms with Crippen molar-refractivity contribution in [3.8, 4) is 0 Å². The molecule has 0 fully saturated rings. The van der Waals surface area contributed by atoms with E-state index in [1.807, 2.05) is 0 Å². The minimum Gasteiger partial charge on any atom is -0.591 e. The van der Waals surface area contributed by atoms with Crippen LogP contribution in [-0.4, -0.2) is 22.9 Å². The molecule has 0 bridgehead atoms. The maximum Gasteiger partial charge on any atom is 0.349 e. The normalized spacial score (nSPS) is 13.8. The summed E-state index contributed by atoms with van der Waals surface area (Å²) in [6.45, 7) is -0.371. The van der Waals surface area contributed by atoms with E-state index in [2.05, 4.69) is 0 Å². The average Bonchev–Trinajstić information content (AvgIpc) is 2.18. The van der Waals surface area contributed by atoms with Crippen molar-refractivity contribution >= 4 is 13.3 Å². The second-order valence-electron chi connectivity index (χ2n) is 2.93. The third-order valence-electron chi connectivity index (χ3n) is 1.85. The molecule has 14 heavy (non-hydrogen) atoms. The van der Waals surface area contributed by atoms with Gasteiger partial charge in [-0.1, -0.05) is 22.8 Å². The monoisotopic (exact) mass is 214 g/mol. The Kier molecular flexibility index (Phi) is 4.17. The van der Waals surface area contributed by atoms with Crippen molar-refractivity contribution in [2.45, 2.75) is 12.5 Å². The lowest BCUT2D eigenvalue weighted by Gasteiger charge is -2.07. The van der Waals surface area contributed by atoms with Gasteiger partial charge in [-0.15, -0.1) is 0 Å². The van der Waals surface area contributed by atoms with Gasteiger partial charge in [-0.2, -0.15) is 0 Å². The molecule has 0 aliphatic rings. The highest BCUT2D eigenvalue weighted by Gasteiger charge is 2.15. The van der Waals surface area contributed by atoms with E-state index in [4.69, 9.17) is 5.11 Å². The molecule has 0 radical (unpaired) electrons. The van der Waals surface area contributed by atoms with Gasteiger partial charge in [-0.05, 0) is 6.07 Å². The van der Waals surface area contributed by atoms with E-state index in [-0.39, 0.29) is 18.3 Å². The highest BCUT2D eigenvalue weighted by atomic mass is 31.1. The molecule has 2 N–H and O–H groups in total. The first kappa shape index (κ1) is 11.3. The second-order valence-corrected chi connectivity index (χ2v) is 3.92. The molecule has 1 aromatic carbocycles. The molecule has 1 rings (SSSR count). The highest BCUT2D eigenvalue weighted by Crippen LogP contribution is 2.13. The molecule has 0 aromatic heterocycles. The summed E-state index contributed by atoms with van der Waals surface area (Å²) in [5, 5.41) is 18.0. The molecule has 0 heterocycles. The average molecular weight is 214 g/mol. The van der Waals surface area contributed by atoms with Gasteiger partial charge < -0.3 is 15.1 Å². The van der Waals surface area contributed by atoms with E-state index in [0.717, 1.165) is 0 Å². The quantitative estimate of drug-likeness (QED) is 0.650. The Bertz CT molecular complexity index is 326. The number of hydrogen-bond donors (Lipinski definition) is 2. The zero-order valence-corrected chi connectivity index (χ0v) is 8.35. The van der Waals surface area contributed by atoms with Crippen molar-refractivity contribution in [2.75, 3.05) is 6.61 Å². The fraction of sp³-hybridized carbons (Fsp3) is 0.333. The van der Waals surface area contributed by atoms with Crippen molar-refractivity contribution < 1.29 is 19.7 Å². The van der Waals surface area contributed by atoms with Crippen LogP contribution in [0.1, 0.15) is 5.56 Å². The van der Waals surface area contributed by atoms with Crippen molar-refractivity contribution in [1.29, 1.82) is 0 Å². The molecule has 2 unspecified atom stereocenters. The standard InChI is InChI=1S/C9H11O4P/c10-6-8(11)5-7-3-1-2-4-9(7)14(12)13/h1-4,8,10-11H,5-6H2. The minimum atomic E-state index is -2.64. The summed E-state index contributed by atoms with van der Waals surface area (Å²) >= 11 is 0. The molecular weight excluding hydrogens is 203 g/mol. The molecule has 4 nitrogen and oxygen atoms in total. The largest absolute Gasteiger partial charge is 0.591 e. The van der Waals surface area contributed by atoms with Gasteiger partial charge in [0.15, 0.2) is 5.30 Å². The van der Waals surface area contributed by atoms with Crippen LogP contribution in [0.5, 0.6) is 0 Å². The smallest absolute Gasteiger partial charge is 0.349 e. The maximum atomic E-state index is 10.8. The summed E-state index contributed by atoms with van der Waals surface area (Å²) < 4.78 is 10.8. The van der Waals surface area contributed by atoms with Gasteiger partial charge in [0.1, 0.15) is 0 Å². The van der Waals surface area contributed by atoms with Crippen LogP contribution < -0.4 is 10.2 Å².